The van der Waals surface area contributed by atoms with E-state index >= 15 is 0 Å². The van der Waals surface area contributed by atoms with Crippen molar-refractivity contribution in [1.82, 2.24) is 4.98 Å². The first kappa shape index (κ1) is 29.4. The van der Waals surface area contributed by atoms with Crippen LogP contribution in [0.1, 0.15) is 36.8 Å². The Balaban J connectivity index is 1.30. The Morgan fingerprint density at radius 1 is 0.545 bits per heavy atom. The van der Waals surface area contributed by atoms with Crippen molar-refractivity contribution in [2.24, 2.45) is 0 Å². The quantitative estimate of drug-likeness (QED) is 0.214. The molecule has 44 heavy (non-hydrogen) atoms. The molecule has 0 atom stereocenters. The van der Waals surface area contributed by atoms with Gasteiger partial charge in [0.15, 0.2) is 0 Å². The molecule has 226 valence electrons. The Morgan fingerprint density at radius 3 is 1.43 bits per heavy atom. The second-order valence-electron chi connectivity index (χ2n) is 10.8. The molecule has 5 nitrogen and oxygen atoms in total. The summed E-state index contributed by atoms with van der Waals surface area (Å²) in [6, 6.07) is 17.5. The molecule has 4 aromatic rings. The predicted molar refractivity (Wildman–Crippen MR) is 154 cm³/mol. The minimum absolute atomic E-state index is 0.0285. The van der Waals surface area contributed by atoms with Gasteiger partial charge in [-0.25, -0.2) is 0 Å². The Bertz CT molecular complexity index is 1650. The van der Waals surface area contributed by atoms with Gasteiger partial charge in [0.05, 0.1) is 16.8 Å². The van der Waals surface area contributed by atoms with Crippen molar-refractivity contribution in [1.29, 1.82) is 0 Å². The number of hydrogen-bond donors (Lipinski definition) is 0. The first-order valence-corrected chi connectivity index (χ1v) is 14.0. The lowest BCUT2D eigenvalue weighted by Gasteiger charge is -2.22. The predicted octanol–water partition coefficient (Wildman–Crippen LogP) is 8.37. The second-order valence-corrected chi connectivity index (χ2v) is 10.8. The SMILES string of the molecule is O=C1CCCN1c1cc(-c2ccc(-c3ccc(-c4cc(C(F)(F)F)cc(C(F)(F)F)c4)nc3)cc2)cc(N2CCCC2=O)c1. The molecular formula is C33H25F6N3O2. The van der Waals surface area contributed by atoms with Crippen LogP contribution in [-0.4, -0.2) is 29.9 Å². The number of carbonyl (C=O) groups is 2. The van der Waals surface area contributed by atoms with Crippen molar-refractivity contribution in [3.63, 3.8) is 0 Å². The summed E-state index contributed by atoms with van der Waals surface area (Å²) in [5.41, 5.74) is 1.33. The average molecular weight is 610 g/mol. The molecule has 0 saturated carbocycles. The molecule has 0 aliphatic carbocycles. The van der Waals surface area contributed by atoms with E-state index in [1.54, 1.807) is 15.9 Å². The number of aromatic nitrogens is 1. The van der Waals surface area contributed by atoms with Crippen molar-refractivity contribution in [3.8, 4) is 33.5 Å². The lowest BCUT2D eigenvalue weighted by Crippen LogP contribution is -2.26. The molecule has 2 aliphatic heterocycles. The topological polar surface area (TPSA) is 53.5 Å². The summed E-state index contributed by atoms with van der Waals surface area (Å²) < 4.78 is 79.8. The van der Waals surface area contributed by atoms with E-state index in [4.69, 9.17) is 0 Å². The minimum Gasteiger partial charge on any atom is -0.312 e. The number of nitrogens with zero attached hydrogens (tertiary/aromatic N) is 3. The van der Waals surface area contributed by atoms with Gasteiger partial charge < -0.3 is 9.80 Å². The van der Waals surface area contributed by atoms with Crippen LogP contribution in [0, 0.1) is 0 Å². The molecule has 3 aromatic carbocycles. The van der Waals surface area contributed by atoms with Gasteiger partial charge in [0.1, 0.15) is 0 Å². The number of anilines is 2. The summed E-state index contributed by atoms with van der Waals surface area (Å²) in [5.74, 6) is 0.0683. The number of rotatable bonds is 5. The van der Waals surface area contributed by atoms with Crippen molar-refractivity contribution in [2.45, 2.75) is 38.0 Å². The third-order valence-electron chi connectivity index (χ3n) is 7.87. The number of pyridine rings is 1. The van der Waals surface area contributed by atoms with Crippen LogP contribution in [0.3, 0.4) is 0 Å². The monoisotopic (exact) mass is 609 g/mol. The molecule has 3 heterocycles. The van der Waals surface area contributed by atoms with Gasteiger partial charge >= 0.3 is 12.4 Å². The first-order chi connectivity index (χ1) is 20.9. The Hall–Kier alpha value is -4.67. The van der Waals surface area contributed by atoms with E-state index in [1.807, 2.05) is 42.5 Å². The van der Waals surface area contributed by atoms with Gasteiger partial charge in [0, 0.05) is 54.6 Å². The highest BCUT2D eigenvalue weighted by Gasteiger charge is 2.37. The Morgan fingerprint density at radius 2 is 1.02 bits per heavy atom. The maximum atomic E-state index is 13.3. The van der Waals surface area contributed by atoms with Crippen LogP contribution < -0.4 is 9.80 Å². The number of halogens is 6. The maximum absolute atomic E-state index is 13.3. The number of carbonyl (C=O) groups excluding carboxylic acids is 2. The van der Waals surface area contributed by atoms with E-state index in [2.05, 4.69) is 4.98 Å². The van der Waals surface area contributed by atoms with Crippen LogP contribution in [0.4, 0.5) is 37.7 Å². The van der Waals surface area contributed by atoms with Gasteiger partial charge in [0.2, 0.25) is 11.8 Å². The molecule has 0 radical (unpaired) electrons. The summed E-state index contributed by atoms with van der Waals surface area (Å²) >= 11 is 0. The third kappa shape index (κ3) is 5.91. The number of amides is 2. The summed E-state index contributed by atoms with van der Waals surface area (Å²) in [6.07, 6.45) is -6.03. The lowest BCUT2D eigenvalue weighted by atomic mass is 9.99. The number of alkyl halides is 6. The minimum atomic E-state index is -4.95. The molecular weight excluding hydrogens is 584 g/mol. The number of hydrogen-bond acceptors (Lipinski definition) is 3. The lowest BCUT2D eigenvalue weighted by molar-refractivity contribution is -0.143. The van der Waals surface area contributed by atoms with Crippen molar-refractivity contribution >= 4 is 23.2 Å². The van der Waals surface area contributed by atoms with Gasteiger partial charge in [-0.1, -0.05) is 30.3 Å². The first-order valence-electron chi connectivity index (χ1n) is 14.0. The van der Waals surface area contributed by atoms with Crippen LogP contribution in [0.15, 0.2) is 79.0 Å². The zero-order chi connectivity index (χ0) is 31.2. The molecule has 2 amide bonds. The Kier molecular flexibility index (Phi) is 7.43. The van der Waals surface area contributed by atoms with Gasteiger partial charge in [-0.05, 0) is 72.0 Å². The van der Waals surface area contributed by atoms with E-state index in [1.165, 1.54) is 12.3 Å². The van der Waals surface area contributed by atoms with Crippen LogP contribution in [0.2, 0.25) is 0 Å². The molecule has 6 rings (SSSR count). The second kappa shape index (κ2) is 11.1. The van der Waals surface area contributed by atoms with Gasteiger partial charge in [-0.15, -0.1) is 0 Å². The molecule has 2 saturated heterocycles. The van der Waals surface area contributed by atoms with E-state index in [-0.39, 0.29) is 29.1 Å². The fraction of sp³-hybridized carbons (Fsp3) is 0.242. The summed E-state index contributed by atoms with van der Waals surface area (Å²) in [5, 5.41) is 0. The van der Waals surface area contributed by atoms with Gasteiger partial charge in [-0.3, -0.25) is 14.6 Å². The molecule has 11 heteroatoms. The molecule has 0 bridgehead atoms. The highest BCUT2D eigenvalue weighted by Crippen LogP contribution is 2.39. The van der Waals surface area contributed by atoms with E-state index < -0.39 is 23.5 Å². The fourth-order valence-electron chi connectivity index (χ4n) is 5.61. The zero-order valence-corrected chi connectivity index (χ0v) is 23.2. The van der Waals surface area contributed by atoms with E-state index in [0.29, 0.717) is 43.6 Å². The van der Waals surface area contributed by atoms with E-state index in [0.717, 1.165) is 40.9 Å². The summed E-state index contributed by atoms with van der Waals surface area (Å²) in [6.45, 7) is 1.21. The van der Waals surface area contributed by atoms with Crippen LogP contribution in [0.25, 0.3) is 33.5 Å². The van der Waals surface area contributed by atoms with Crippen LogP contribution in [-0.2, 0) is 21.9 Å². The highest BCUT2D eigenvalue weighted by atomic mass is 19.4. The van der Waals surface area contributed by atoms with E-state index in [9.17, 15) is 35.9 Å². The summed E-state index contributed by atoms with van der Waals surface area (Å²) in [4.78, 5) is 32.6. The molecule has 2 aliphatic rings. The van der Waals surface area contributed by atoms with Crippen LogP contribution in [0.5, 0.6) is 0 Å². The molecule has 1 aromatic heterocycles. The Labute approximate surface area is 248 Å². The van der Waals surface area contributed by atoms with Crippen molar-refractivity contribution < 1.29 is 35.9 Å². The highest BCUT2D eigenvalue weighted by molar-refractivity contribution is 6.00. The largest absolute Gasteiger partial charge is 0.416 e. The standard InChI is InChI=1S/C33H25F6N3O2/c34-32(35,36)25-13-24(14-26(17-25)33(37,38)39)29-10-9-22(19-40-29)20-5-7-21(8-6-20)23-15-27(41-11-1-3-30(41)43)18-28(16-23)42-12-2-4-31(42)44/h5-10,13-19H,1-4,11-12H2. The molecule has 0 N–H and O–H groups in total. The number of benzene rings is 3. The summed E-state index contributed by atoms with van der Waals surface area (Å²) in [7, 11) is 0. The normalized spacial score (nSPS) is 15.9. The average Bonchev–Trinajstić information content (AvgIpc) is 3.63. The van der Waals surface area contributed by atoms with Gasteiger partial charge in [0.25, 0.3) is 0 Å². The zero-order valence-electron chi connectivity index (χ0n) is 23.2. The smallest absolute Gasteiger partial charge is 0.312 e. The van der Waals surface area contributed by atoms with Crippen molar-refractivity contribution in [2.75, 3.05) is 22.9 Å². The van der Waals surface area contributed by atoms with Crippen LogP contribution >= 0.6 is 0 Å². The fourth-order valence-corrected chi connectivity index (χ4v) is 5.61. The third-order valence-corrected chi connectivity index (χ3v) is 7.87. The maximum Gasteiger partial charge on any atom is 0.416 e. The molecule has 0 unspecified atom stereocenters. The van der Waals surface area contributed by atoms with Crippen molar-refractivity contribution in [3.05, 3.63) is 90.1 Å². The molecule has 0 spiro atoms. The molecule has 2 fully saturated rings. The van der Waals surface area contributed by atoms with Gasteiger partial charge in [-0.2, -0.15) is 26.3 Å².